The molecule has 0 amide bonds. The van der Waals surface area contributed by atoms with Gasteiger partial charge in [0.05, 0.1) is 17.7 Å². The van der Waals surface area contributed by atoms with Crippen LogP contribution in [0.3, 0.4) is 0 Å². The first-order valence-electron chi connectivity index (χ1n) is 6.82. The molecule has 108 valence electrons. The Kier molecular flexibility index (Phi) is 4.56. The van der Waals surface area contributed by atoms with Gasteiger partial charge >= 0.3 is 0 Å². The first-order chi connectivity index (χ1) is 10.1. The minimum Gasteiger partial charge on any atom is -0.389 e. The van der Waals surface area contributed by atoms with Crippen molar-refractivity contribution in [2.45, 2.75) is 20.0 Å². The molecular formula is C17H17FN2O. The molecule has 0 saturated carbocycles. The Balaban J connectivity index is 2.58. The van der Waals surface area contributed by atoms with Gasteiger partial charge in [0.15, 0.2) is 0 Å². The number of aliphatic hydroxyl groups is 1. The highest BCUT2D eigenvalue weighted by Gasteiger charge is 2.16. The molecule has 2 aromatic rings. The normalized spacial score (nSPS) is 11.8. The van der Waals surface area contributed by atoms with Crippen molar-refractivity contribution in [3.8, 4) is 6.07 Å². The van der Waals surface area contributed by atoms with E-state index >= 15 is 0 Å². The van der Waals surface area contributed by atoms with Crippen molar-refractivity contribution in [2.75, 3.05) is 11.4 Å². The van der Waals surface area contributed by atoms with E-state index in [1.54, 1.807) is 37.3 Å². The van der Waals surface area contributed by atoms with Crippen molar-refractivity contribution >= 4 is 11.4 Å². The molecule has 0 heterocycles. The van der Waals surface area contributed by atoms with Crippen LogP contribution in [-0.4, -0.2) is 11.7 Å². The molecule has 2 aromatic carbocycles. The summed E-state index contributed by atoms with van der Waals surface area (Å²) < 4.78 is 13.5. The number of hydrogen-bond acceptors (Lipinski definition) is 3. The number of nitrogens with zero attached hydrogens (tertiary/aromatic N) is 2. The maximum atomic E-state index is 13.5. The number of aliphatic hydroxyl groups excluding tert-OH is 1. The molecule has 0 spiro atoms. The van der Waals surface area contributed by atoms with E-state index in [2.05, 4.69) is 6.07 Å². The molecule has 21 heavy (non-hydrogen) atoms. The van der Waals surface area contributed by atoms with Crippen LogP contribution < -0.4 is 4.90 Å². The number of hydrogen-bond donors (Lipinski definition) is 1. The minimum atomic E-state index is -0.671. The van der Waals surface area contributed by atoms with Gasteiger partial charge in [-0.1, -0.05) is 12.1 Å². The van der Waals surface area contributed by atoms with Crippen LogP contribution in [0.25, 0.3) is 0 Å². The average molecular weight is 284 g/mol. The first-order valence-corrected chi connectivity index (χ1v) is 6.82. The summed E-state index contributed by atoms with van der Waals surface area (Å²) in [6.07, 6.45) is -0.671. The first kappa shape index (κ1) is 15.0. The summed E-state index contributed by atoms with van der Waals surface area (Å²) >= 11 is 0. The second-order valence-corrected chi connectivity index (χ2v) is 4.79. The lowest BCUT2D eigenvalue weighted by Crippen LogP contribution is -2.18. The Labute approximate surface area is 123 Å². The van der Waals surface area contributed by atoms with Crippen LogP contribution in [0.5, 0.6) is 0 Å². The fourth-order valence-electron chi connectivity index (χ4n) is 2.34. The number of benzene rings is 2. The van der Waals surface area contributed by atoms with E-state index in [1.165, 1.54) is 12.1 Å². The van der Waals surface area contributed by atoms with Crippen LogP contribution in [0.4, 0.5) is 15.8 Å². The summed E-state index contributed by atoms with van der Waals surface area (Å²) in [5.41, 5.74) is 2.62. The number of nitriles is 1. The van der Waals surface area contributed by atoms with Crippen LogP contribution in [0.15, 0.2) is 42.5 Å². The van der Waals surface area contributed by atoms with Crippen molar-refractivity contribution in [3.63, 3.8) is 0 Å². The zero-order valence-electron chi connectivity index (χ0n) is 12.0. The second kappa shape index (κ2) is 6.38. The maximum Gasteiger partial charge on any atom is 0.125 e. The average Bonchev–Trinajstić information content (AvgIpc) is 2.47. The standard InChI is InChI=1S/C17H17FN2O/c1-3-20(15-6-4-5-14(18)10-15)17-9-13(11-19)7-8-16(17)12(2)21/h4-10,12,21H,3H2,1-2H3. The zero-order valence-corrected chi connectivity index (χ0v) is 12.0. The van der Waals surface area contributed by atoms with E-state index in [9.17, 15) is 9.50 Å². The lowest BCUT2D eigenvalue weighted by atomic mass is 10.0. The van der Waals surface area contributed by atoms with Crippen LogP contribution in [0, 0.1) is 17.1 Å². The zero-order chi connectivity index (χ0) is 15.4. The van der Waals surface area contributed by atoms with E-state index in [0.29, 0.717) is 23.4 Å². The summed E-state index contributed by atoms with van der Waals surface area (Å²) in [4.78, 5) is 1.88. The Morgan fingerprint density at radius 3 is 2.62 bits per heavy atom. The third kappa shape index (κ3) is 3.21. The number of anilines is 2. The number of halogens is 1. The molecule has 0 fully saturated rings. The molecule has 0 aliphatic rings. The molecular weight excluding hydrogens is 267 g/mol. The fraction of sp³-hybridized carbons (Fsp3) is 0.235. The van der Waals surface area contributed by atoms with Crippen molar-refractivity contribution in [3.05, 3.63) is 59.4 Å². The van der Waals surface area contributed by atoms with E-state index in [1.807, 2.05) is 11.8 Å². The Bertz CT molecular complexity index is 677. The van der Waals surface area contributed by atoms with Crippen molar-refractivity contribution < 1.29 is 9.50 Å². The molecule has 2 rings (SSSR count). The Morgan fingerprint density at radius 1 is 1.29 bits per heavy atom. The van der Waals surface area contributed by atoms with Crippen LogP contribution in [0.2, 0.25) is 0 Å². The molecule has 4 heteroatoms. The highest BCUT2D eigenvalue weighted by molar-refractivity contribution is 5.68. The monoisotopic (exact) mass is 284 g/mol. The predicted octanol–water partition coefficient (Wildman–Crippen LogP) is 3.91. The van der Waals surface area contributed by atoms with Crippen molar-refractivity contribution in [2.24, 2.45) is 0 Å². The molecule has 0 radical (unpaired) electrons. The third-order valence-corrected chi connectivity index (χ3v) is 3.34. The highest BCUT2D eigenvalue weighted by Crippen LogP contribution is 2.33. The van der Waals surface area contributed by atoms with Gasteiger partial charge in [-0.25, -0.2) is 4.39 Å². The molecule has 1 atom stereocenters. The van der Waals surface area contributed by atoms with Gasteiger partial charge in [0.25, 0.3) is 0 Å². The third-order valence-electron chi connectivity index (χ3n) is 3.34. The largest absolute Gasteiger partial charge is 0.389 e. The topological polar surface area (TPSA) is 47.3 Å². The molecule has 0 aromatic heterocycles. The molecule has 1 N–H and O–H groups in total. The number of rotatable bonds is 4. The van der Waals surface area contributed by atoms with Gasteiger partial charge in [0.1, 0.15) is 5.82 Å². The molecule has 0 aliphatic heterocycles. The summed E-state index contributed by atoms with van der Waals surface area (Å²) in [5, 5.41) is 19.0. The van der Waals surface area contributed by atoms with E-state index in [-0.39, 0.29) is 5.82 Å². The lowest BCUT2D eigenvalue weighted by molar-refractivity contribution is 0.200. The summed E-state index contributed by atoms with van der Waals surface area (Å²) in [7, 11) is 0. The maximum absolute atomic E-state index is 13.5. The minimum absolute atomic E-state index is 0.319. The van der Waals surface area contributed by atoms with Gasteiger partial charge in [-0.05, 0) is 44.2 Å². The molecule has 1 unspecified atom stereocenters. The van der Waals surface area contributed by atoms with Gasteiger partial charge in [-0.3, -0.25) is 0 Å². The van der Waals surface area contributed by atoms with Crippen molar-refractivity contribution in [1.82, 2.24) is 0 Å². The van der Waals surface area contributed by atoms with Crippen molar-refractivity contribution in [1.29, 1.82) is 5.26 Å². The van der Waals surface area contributed by atoms with Gasteiger partial charge in [0, 0.05) is 23.5 Å². The highest BCUT2D eigenvalue weighted by atomic mass is 19.1. The second-order valence-electron chi connectivity index (χ2n) is 4.79. The van der Waals surface area contributed by atoms with Gasteiger partial charge in [-0.2, -0.15) is 5.26 Å². The predicted molar refractivity (Wildman–Crippen MR) is 80.9 cm³/mol. The molecule has 0 aliphatic carbocycles. The van der Waals surface area contributed by atoms with E-state index in [4.69, 9.17) is 5.26 Å². The van der Waals surface area contributed by atoms with Gasteiger partial charge < -0.3 is 10.0 Å². The summed E-state index contributed by atoms with van der Waals surface area (Å²) in [6.45, 7) is 4.21. The smallest absolute Gasteiger partial charge is 0.125 e. The van der Waals surface area contributed by atoms with Gasteiger partial charge in [-0.15, -0.1) is 0 Å². The fourth-order valence-corrected chi connectivity index (χ4v) is 2.34. The van der Waals surface area contributed by atoms with E-state index in [0.717, 1.165) is 5.69 Å². The SMILES string of the molecule is CCN(c1cccc(F)c1)c1cc(C#N)ccc1C(C)O. The Hall–Kier alpha value is -2.38. The lowest BCUT2D eigenvalue weighted by Gasteiger charge is -2.27. The van der Waals surface area contributed by atoms with E-state index < -0.39 is 6.10 Å². The summed E-state index contributed by atoms with van der Waals surface area (Å²) in [5.74, 6) is -0.319. The Morgan fingerprint density at radius 2 is 2.05 bits per heavy atom. The molecule has 3 nitrogen and oxygen atoms in total. The summed E-state index contributed by atoms with van der Waals surface area (Å²) in [6, 6.07) is 13.5. The molecule has 0 saturated heterocycles. The van der Waals surface area contributed by atoms with Gasteiger partial charge in [0.2, 0.25) is 0 Å². The quantitative estimate of drug-likeness (QED) is 0.926. The van der Waals surface area contributed by atoms with Crippen LogP contribution in [0.1, 0.15) is 31.1 Å². The van der Waals surface area contributed by atoms with Crippen LogP contribution in [-0.2, 0) is 0 Å². The van der Waals surface area contributed by atoms with Crippen LogP contribution >= 0.6 is 0 Å². The molecule has 0 bridgehead atoms.